The first kappa shape index (κ1) is 27.5. The van der Waals surface area contributed by atoms with Crippen molar-refractivity contribution in [3.8, 4) is 11.9 Å². The van der Waals surface area contributed by atoms with Gasteiger partial charge in [0.15, 0.2) is 10.9 Å². The number of thiophene rings is 1. The van der Waals surface area contributed by atoms with Crippen molar-refractivity contribution in [1.29, 1.82) is 0 Å². The highest BCUT2D eigenvalue weighted by molar-refractivity contribution is 7.92. The molecule has 2 aromatic heterocycles. The lowest BCUT2D eigenvalue weighted by Gasteiger charge is -2.13. The lowest BCUT2D eigenvalue weighted by Crippen LogP contribution is -2.20. The summed E-state index contributed by atoms with van der Waals surface area (Å²) in [5, 5.41) is 7.07. The Morgan fingerprint density at radius 3 is 2.50 bits per heavy atom. The van der Waals surface area contributed by atoms with Gasteiger partial charge in [0.1, 0.15) is 5.00 Å². The number of esters is 1. The summed E-state index contributed by atoms with van der Waals surface area (Å²) in [6.45, 7) is 2.06. The molecule has 2 heterocycles. The summed E-state index contributed by atoms with van der Waals surface area (Å²) in [6, 6.07) is 7.31. The van der Waals surface area contributed by atoms with Crippen LogP contribution in [0.25, 0.3) is 0 Å². The van der Waals surface area contributed by atoms with Gasteiger partial charge in [0.05, 0.1) is 31.3 Å². The highest BCUT2D eigenvalue weighted by Gasteiger charge is 2.27. The summed E-state index contributed by atoms with van der Waals surface area (Å²) >= 11 is 6.99. The third-order valence-electron chi connectivity index (χ3n) is 5.61. The zero-order valence-corrected chi connectivity index (χ0v) is 23.4. The summed E-state index contributed by atoms with van der Waals surface area (Å²) in [5.74, 6) is -0.219. The normalized spacial score (nSPS) is 12.7. The molecular weight excluding hydrogens is 550 g/mol. The molecule has 3 aromatic rings. The lowest BCUT2D eigenvalue weighted by molar-refractivity contribution is 0.0526. The molecule has 0 spiro atoms. The molecule has 38 heavy (non-hydrogen) atoms. The van der Waals surface area contributed by atoms with Gasteiger partial charge in [-0.25, -0.2) is 13.2 Å². The number of nitrogens with one attached hydrogen (secondary N) is 3. The highest BCUT2D eigenvalue weighted by atomic mass is 32.2. The van der Waals surface area contributed by atoms with E-state index in [0.29, 0.717) is 16.3 Å². The third kappa shape index (κ3) is 6.31. The van der Waals surface area contributed by atoms with E-state index in [0.717, 1.165) is 31.2 Å². The Morgan fingerprint density at radius 2 is 1.82 bits per heavy atom. The van der Waals surface area contributed by atoms with Gasteiger partial charge in [0.25, 0.3) is 10.0 Å². The Balaban J connectivity index is 1.46. The van der Waals surface area contributed by atoms with Crippen LogP contribution >= 0.6 is 23.6 Å². The van der Waals surface area contributed by atoms with Crippen molar-refractivity contribution in [2.75, 3.05) is 36.2 Å². The SMILES string of the molecule is CCOC(=O)c1c(NC(=S)Nc2ccc(S(=O)(=O)Nc3cc(OC)nc(OC)n3)cc2)sc2c1CCCC2. The second-order valence-corrected chi connectivity index (χ2v) is 11.3. The molecule has 0 fully saturated rings. The molecule has 1 aromatic carbocycles. The molecule has 1 aliphatic rings. The van der Waals surface area contributed by atoms with E-state index in [1.807, 2.05) is 0 Å². The van der Waals surface area contributed by atoms with Crippen LogP contribution in [0.2, 0.25) is 0 Å². The van der Waals surface area contributed by atoms with Crippen LogP contribution in [0.15, 0.2) is 35.2 Å². The van der Waals surface area contributed by atoms with Crippen molar-refractivity contribution in [1.82, 2.24) is 9.97 Å². The van der Waals surface area contributed by atoms with Gasteiger partial charge in [0.2, 0.25) is 5.88 Å². The van der Waals surface area contributed by atoms with E-state index < -0.39 is 10.0 Å². The Kier molecular flexibility index (Phi) is 8.64. The smallest absolute Gasteiger partial charge is 0.341 e. The lowest BCUT2D eigenvalue weighted by atomic mass is 9.95. The largest absolute Gasteiger partial charge is 0.481 e. The van der Waals surface area contributed by atoms with E-state index in [2.05, 4.69) is 25.3 Å². The maximum Gasteiger partial charge on any atom is 0.341 e. The second kappa shape index (κ2) is 11.9. The zero-order valence-electron chi connectivity index (χ0n) is 21.0. The predicted molar refractivity (Wildman–Crippen MR) is 149 cm³/mol. The van der Waals surface area contributed by atoms with Gasteiger partial charge in [0, 0.05) is 16.6 Å². The molecule has 0 saturated carbocycles. The highest BCUT2D eigenvalue weighted by Crippen LogP contribution is 2.38. The predicted octanol–water partition coefficient (Wildman–Crippen LogP) is 4.22. The first-order valence-corrected chi connectivity index (χ1v) is 14.4. The van der Waals surface area contributed by atoms with E-state index in [1.54, 1.807) is 19.1 Å². The number of fused-ring (bicyclic) bond motifs is 1. The number of aromatic nitrogens is 2. The number of aryl methyl sites for hydroxylation is 1. The molecule has 0 amide bonds. The molecule has 0 radical (unpaired) electrons. The monoisotopic (exact) mass is 577 g/mol. The number of carbonyl (C=O) groups is 1. The molecule has 3 N–H and O–H groups in total. The van der Waals surface area contributed by atoms with Gasteiger partial charge < -0.3 is 24.8 Å². The number of thiocarbonyl (C=S) groups is 1. The minimum absolute atomic E-state index is 0.00247. The van der Waals surface area contributed by atoms with Gasteiger partial charge in [-0.2, -0.15) is 9.97 Å². The maximum atomic E-state index is 12.9. The topological polar surface area (TPSA) is 141 Å². The van der Waals surface area contributed by atoms with Crippen LogP contribution in [0.3, 0.4) is 0 Å². The first-order chi connectivity index (χ1) is 18.2. The minimum atomic E-state index is -3.96. The number of hydrogen-bond acceptors (Lipinski definition) is 10. The van der Waals surface area contributed by atoms with E-state index >= 15 is 0 Å². The summed E-state index contributed by atoms with van der Waals surface area (Å²) in [6.07, 6.45) is 3.87. The number of rotatable bonds is 9. The second-order valence-electron chi connectivity index (χ2n) is 8.13. The molecule has 0 saturated heterocycles. The fourth-order valence-electron chi connectivity index (χ4n) is 3.90. The first-order valence-electron chi connectivity index (χ1n) is 11.7. The van der Waals surface area contributed by atoms with Crippen LogP contribution in [0.1, 0.15) is 40.6 Å². The number of nitrogens with zero attached hydrogens (tertiary/aromatic N) is 2. The van der Waals surface area contributed by atoms with Gasteiger partial charge >= 0.3 is 12.0 Å². The fourth-order valence-corrected chi connectivity index (χ4v) is 6.46. The van der Waals surface area contributed by atoms with E-state index in [9.17, 15) is 13.2 Å². The van der Waals surface area contributed by atoms with Crippen LogP contribution in [-0.2, 0) is 27.6 Å². The molecule has 11 nitrogen and oxygen atoms in total. The molecular formula is C24H27N5O6S3. The van der Waals surface area contributed by atoms with Crippen molar-refractivity contribution >= 4 is 61.2 Å². The van der Waals surface area contributed by atoms with Crippen LogP contribution in [0, 0.1) is 0 Å². The molecule has 14 heteroatoms. The van der Waals surface area contributed by atoms with Gasteiger partial charge in [-0.15, -0.1) is 11.3 Å². The molecule has 202 valence electrons. The third-order valence-corrected chi connectivity index (χ3v) is 8.40. The van der Waals surface area contributed by atoms with E-state index in [-0.39, 0.29) is 40.3 Å². The van der Waals surface area contributed by atoms with Crippen LogP contribution < -0.4 is 24.8 Å². The van der Waals surface area contributed by atoms with E-state index in [4.69, 9.17) is 26.4 Å². The van der Waals surface area contributed by atoms with Crippen molar-refractivity contribution < 1.29 is 27.4 Å². The van der Waals surface area contributed by atoms with Crippen molar-refractivity contribution in [3.63, 3.8) is 0 Å². The fraction of sp³-hybridized carbons (Fsp3) is 0.333. The Bertz CT molecular complexity index is 1420. The molecule has 1 aliphatic carbocycles. The number of carbonyl (C=O) groups excluding carboxylic acids is 1. The molecule has 0 atom stereocenters. The quantitative estimate of drug-likeness (QED) is 0.249. The molecule has 0 aliphatic heterocycles. The maximum absolute atomic E-state index is 12.9. The average molecular weight is 578 g/mol. The van der Waals surface area contributed by atoms with Gasteiger partial charge in [-0.3, -0.25) is 4.72 Å². The number of ether oxygens (including phenoxy) is 3. The van der Waals surface area contributed by atoms with Gasteiger partial charge in [-0.05, 0) is 74.7 Å². The van der Waals surface area contributed by atoms with Crippen molar-refractivity contribution in [3.05, 3.63) is 46.3 Å². The average Bonchev–Trinajstić information content (AvgIpc) is 3.26. The summed E-state index contributed by atoms with van der Waals surface area (Å²) in [4.78, 5) is 21.8. The van der Waals surface area contributed by atoms with Crippen molar-refractivity contribution in [2.45, 2.75) is 37.5 Å². The van der Waals surface area contributed by atoms with Gasteiger partial charge in [-0.1, -0.05) is 0 Å². The molecule has 4 rings (SSSR count). The Hall–Kier alpha value is -3.49. The number of hydrogen-bond donors (Lipinski definition) is 3. The Labute approximate surface area is 230 Å². The summed E-state index contributed by atoms with van der Waals surface area (Å²) in [7, 11) is -1.20. The molecule has 0 bridgehead atoms. The standard InChI is InChI=1S/C24H27N5O6S3/c1-4-35-22(30)20-16-7-5-6-8-17(16)37-21(20)28-24(36)25-14-9-11-15(12-10-14)38(31,32)29-18-13-19(33-2)27-23(26-18)34-3/h9-13H,4-8H2,1-3H3,(H2,25,28,36)(H,26,27,29). The summed E-state index contributed by atoms with van der Waals surface area (Å²) in [5.41, 5.74) is 2.14. The zero-order chi connectivity index (χ0) is 27.3. The molecule has 0 unspecified atom stereocenters. The Morgan fingerprint density at radius 1 is 1.08 bits per heavy atom. The number of sulfonamides is 1. The minimum Gasteiger partial charge on any atom is -0.481 e. The number of benzene rings is 1. The van der Waals surface area contributed by atoms with Crippen LogP contribution in [0.4, 0.5) is 16.5 Å². The number of methoxy groups -OCH3 is 2. The van der Waals surface area contributed by atoms with Crippen LogP contribution in [0.5, 0.6) is 11.9 Å². The van der Waals surface area contributed by atoms with Crippen molar-refractivity contribution in [2.24, 2.45) is 0 Å². The summed E-state index contributed by atoms with van der Waals surface area (Å²) < 4.78 is 43.5. The van der Waals surface area contributed by atoms with E-state index in [1.165, 1.54) is 48.6 Å². The number of anilines is 3. The van der Waals surface area contributed by atoms with Crippen LogP contribution in [-0.4, -0.2) is 50.3 Å².